The van der Waals surface area contributed by atoms with Crippen molar-refractivity contribution in [2.24, 2.45) is 0 Å². The lowest BCUT2D eigenvalue weighted by Crippen LogP contribution is -2.18. The highest BCUT2D eigenvalue weighted by molar-refractivity contribution is 6.30. The highest BCUT2D eigenvalue weighted by atomic mass is 35.5. The van der Waals surface area contributed by atoms with E-state index in [4.69, 9.17) is 23.2 Å². The van der Waals surface area contributed by atoms with Gasteiger partial charge in [-0.1, -0.05) is 35.9 Å². The fourth-order valence-corrected chi connectivity index (χ4v) is 2.57. The third-order valence-corrected chi connectivity index (χ3v) is 3.79. The Labute approximate surface area is 124 Å². The molecule has 0 aliphatic heterocycles. The smallest absolute Gasteiger partial charge is 0.0495 e. The summed E-state index contributed by atoms with van der Waals surface area (Å²) in [5.74, 6) is 0.466. The highest BCUT2D eigenvalue weighted by Gasteiger charge is 2.09. The first-order valence-corrected chi connectivity index (χ1v) is 7.13. The van der Waals surface area contributed by atoms with Gasteiger partial charge in [0.25, 0.3) is 0 Å². The fourth-order valence-electron chi connectivity index (χ4n) is 2.16. The molecule has 0 aliphatic rings. The van der Waals surface area contributed by atoms with E-state index < -0.39 is 0 Å². The van der Waals surface area contributed by atoms with Crippen LogP contribution in [0.4, 0.5) is 5.69 Å². The summed E-state index contributed by atoms with van der Waals surface area (Å²) >= 11 is 12.0. The number of anilines is 1. The van der Waals surface area contributed by atoms with E-state index in [1.807, 2.05) is 18.2 Å². The van der Waals surface area contributed by atoms with Gasteiger partial charge in [-0.2, -0.15) is 0 Å². The summed E-state index contributed by atoms with van der Waals surface area (Å²) < 4.78 is 0. The number of hydrogen-bond donors (Lipinski definition) is 0. The monoisotopic (exact) mass is 293 g/mol. The van der Waals surface area contributed by atoms with Crippen molar-refractivity contribution in [3.05, 3.63) is 64.2 Å². The lowest BCUT2D eigenvalue weighted by Gasteiger charge is -2.23. The van der Waals surface area contributed by atoms with E-state index >= 15 is 0 Å². The average Bonchev–Trinajstić information content (AvgIpc) is 2.41. The summed E-state index contributed by atoms with van der Waals surface area (Å²) in [6.07, 6.45) is 0. The summed E-state index contributed by atoms with van der Waals surface area (Å²) in [7, 11) is 2.08. The van der Waals surface area contributed by atoms with Crippen molar-refractivity contribution in [3.8, 4) is 0 Å². The van der Waals surface area contributed by atoms with Crippen LogP contribution >= 0.6 is 23.2 Å². The van der Waals surface area contributed by atoms with E-state index in [1.54, 1.807) is 0 Å². The highest BCUT2D eigenvalue weighted by Crippen LogP contribution is 2.26. The minimum atomic E-state index is 0.466. The molecule has 0 fully saturated rings. The van der Waals surface area contributed by atoms with E-state index in [-0.39, 0.29) is 0 Å². The minimum Gasteiger partial charge on any atom is -0.370 e. The molecule has 0 saturated heterocycles. The van der Waals surface area contributed by atoms with Crippen LogP contribution < -0.4 is 4.90 Å². The first-order valence-electron chi connectivity index (χ1n) is 6.22. The standard InChI is InChI=1S/C16H17Cl2N/c1-12-5-3-4-6-13(12)11-19(2)16-8-7-15(18)9-14(16)10-17/h3-9H,10-11H2,1-2H3. The van der Waals surface area contributed by atoms with Crippen LogP contribution in [0.2, 0.25) is 5.02 Å². The van der Waals surface area contributed by atoms with Gasteiger partial charge >= 0.3 is 0 Å². The van der Waals surface area contributed by atoms with Gasteiger partial charge in [0.1, 0.15) is 0 Å². The van der Waals surface area contributed by atoms with Crippen LogP contribution in [-0.4, -0.2) is 7.05 Å². The Morgan fingerprint density at radius 3 is 2.47 bits per heavy atom. The molecule has 0 N–H and O–H groups in total. The van der Waals surface area contributed by atoms with Crippen molar-refractivity contribution in [3.63, 3.8) is 0 Å². The number of hydrogen-bond acceptors (Lipinski definition) is 1. The molecule has 2 aromatic carbocycles. The largest absolute Gasteiger partial charge is 0.370 e. The van der Waals surface area contributed by atoms with Gasteiger partial charge in [-0.25, -0.2) is 0 Å². The maximum Gasteiger partial charge on any atom is 0.0495 e. The van der Waals surface area contributed by atoms with E-state index in [0.717, 1.165) is 22.8 Å². The predicted molar refractivity (Wildman–Crippen MR) is 84.3 cm³/mol. The van der Waals surface area contributed by atoms with Crippen molar-refractivity contribution in [1.29, 1.82) is 0 Å². The second kappa shape index (κ2) is 6.31. The van der Waals surface area contributed by atoms with E-state index in [9.17, 15) is 0 Å². The molecule has 0 saturated carbocycles. The predicted octanol–water partition coefficient (Wildman–Crippen LogP) is 5.02. The summed E-state index contributed by atoms with van der Waals surface area (Å²) in [4.78, 5) is 2.20. The van der Waals surface area contributed by atoms with Crippen molar-refractivity contribution >= 4 is 28.9 Å². The van der Waals surface area contributed by atoms with E-state index in [1.165, 1.54) is 11.1 Å². The normalized spacial score (nSPS) is 10.5. The molecule has 100 valence electrons. The van der Waals surface area contributed by atoms with Crippen molar-refractivity contribution in [1.82, 2.24) is 0 Å². The molecule has 0 unspecified atom stereocenters. The second-order valence-electron chi connectivity index (χ2n) is 4.69. The topological polar surface area (TPSA) is 3.24 Å². The molecule has 0 spiro atoms. The molecule has 0 atom stereocenters. The van der Waals surface area contributed by atoms with Crippen molar-refractivity contribution < 1.29 is 0 Å². The Hall–Kier alpha value is -1.18. The molecule has 0 bridgehead atoms. The number of alkyl halides is 1. The first kappa shape index (κ1) is 14.2. The van der Waals surface area contributed by atoms with Crippen LogP contribution in [0.3, 0.4) is 0 Å². The van der Waals surface area contributed by atoms with Crippen molar-refractivity contribution in [2.75, 3.05) is 11.9 Å². The van der Waals surface area contributed by atoms with E-state index in [0.29, 0.717) is 5.88 Å². The molecule has 0 radical (unpaired) electrons. The number of halogens is 2. The van der Waals surface area contributed by atoms with Gasteiger partial charge in [-0.05, 0) is 41.8 Å². The first-order chi connectivity index (χ1) is 9.11. The lowest BCUT2D eigenvalue weighted by atomic mass is 10.1. The molecule has 0 heterocycles. The molecule has 0 aromatic heterocycles. The molecule has 0 amide bonds. The van der Waals surface area contributed by atoms with Gasteiger partial charge in [-0.3, -0.25) is 0 Å². The SMILES string of the molecule is Cc1ccccc1CN(C)c1ccc(Cl)cc1CCl. The number of nitrogens with zero attached hydrogens (tertiary/aromatic N) is 1. The molecular formula is C16H17Cl2N. The third-order valence-electron chi connectivity index (χ3n) is 3.27. The zero-order valence-electron chi connectivity index (χ0n) is 11.2. The third kappa shape index (κ3) is 3.43. The van der Waals surface area contributed by atoms with Gasteiger partial charge < -0.3 is 4.90 Å². The quantitative estimate of drug-likeness (QED) is 0.715. The lowest BCUT2D eigenvalue weighted by molar-refractivity contribution is 0.908. The maximum absolute atomic E-state index is 6.01. The van der Waals surface area contributed by atoms with Gasteiger partial charge in [0.05, 0.1) is 0 Å². The Kier molecular flexibility index (Phi) is 4.73. The molecule has 3 heteroatoms. The minimum absolute atomic E-state index is 0.466. The number of aryl methyl sites for hydroxylation is 1. The van der Waals surface area contributed by atoms with Crippen molar-refractivity contribution in [2.45, 2.75) is 19.3 Å². The van der Waals surface area contributed by atoms with Crippen LogP contribution in [0.1, 0.15) is 16.7 Å². The van der Waals surface area contributed by atoms with Gasteiger partial charge in [0, 0.05) is 30.2 Å². The summed E-state index contributed by atoms with van der Waals surface area (Å²) in [5.41, 5.74) is 4.81. The molecule has 0 aliphatic carbocycles. The van der Waals surface area contributed by atoms with Crippen LogP contribution in [0.25, 0.3) is 0 Å². The van der Waals surface area contributed by atoms with E-state index in [2.05, 4.69) is 43.1 Å². The van der Waals surface area contributed by atoms with Crippen LogP contribution in [0.15, 0.2) is 42.5 Å². The second-order valence-corrected chi connectivity index (χ2v) is 5.39. The van der Waals surface area contributed by atoms with Gasteiger partial charge in [-0.15, -0.1) is 11.6 Å². The fraction of sp³-hybridized carbons (Fsp3) is 0.250. The molecular weight excluding hydrogens is 277 g/mol. The maximum atomic E-state index is 6.01. The summed E-state index contributed by atoms with van der Waals surface area (Å²) in [6, 6.07) is 14.3. The van der Waals surface area contributed by atoms with Gasteiger partial charge in [0.2, 0.25) is 0 Å². The molecule has 2 aromatic rings. The van der Waals surface area contributed by atoms with Crippen LogP contribution in [0, 0.1) is 6.92 Å². The van der Waals surface area contributed by atoms with Crippen LogP contribution in [-0.2, 0) is 12.4 Å². The Balaban J connectivity index is 2.25. The number of rotatable bonds is 4. The van der Waals surface area contributed by atoms with Crippen LogP contribution in [0.5, 0.6) is 0 Å². The number of benzene rings is 2. The zero-order chi connectivity index (χ0) is 13.8. The Morgan fingerprint density at radius 1 is 1.05 bits per heavy atom. The van der Waals surface area contributed by atoms with Gasteiger partial charge in [0.15, 0.2) is 0 Å². The Bertz CT molecular complexity index is 566. The molecule has 1 nitrogen and oxygen atoms in total. The molecule has 2 rings (SSSR count). The molecule has 19 heavy (non-hydrogen) atoms. The summed E-state index contributed by atoms with van der Waals surface area (Å²) in [6.45, 7) is 2.99. The Morgan fingerprint density at radius 2 is 1.79 bits per heavy atom. The zero-order valence-corrected chi connectivity index (χ0v) is 12.7. The average molecular weight is 294 g/mol. The summed E-state index contributed by atoms with van der Waals surface area (Å²) in [5, 5.41) is 0.726.